The number of aryl methyl sites for hydroxylation is 2. The number of para-hydroxylation sites is 1. The Morgan fingerprint density at radius 3 is 2.93 bits per heavy atom. The number of hydrogen-bond donors (Lipinski definition) is 0. The molecule has 1 aliphatic rings. The van der Waals surface area contributed by atoms with Gasteiger partial charge in [-0.15, -0.1) is 0 Å². The Balaban J connectivity index is 2.38. The molecule has 0 spiro atoms. The SMILES string of the molecule is CC(C)c1cc2cccc3c2n1CCC3. The third-order valence-electron chi connectivity index (χ3n) is 3.46. The highest BCUT2D eigenvalue weighted by Gasteiger charge is 2.17. The summed E-state index contributed by atoms with van der Waals surface area (Å²) >= 11 is 0. The predicted octanol–water partition coefficient (Wildman–Crippen LogP) is 3.71. The zero-order valence-electron chi connectivity index (χ0n) is 9.46. The second kappa shape index (κ2) is 3.13. The van der Waals surface area contributed by atoms with E-state index in [-0.39, 0.29) is 0 Å². The molecule has 1 aromatic heterocycles. The third-order valence-corrected chi connectivity index (χ3v) is 3.46. The van der Waals surface area contributed by atoms with Crippen molar-refractivity contribution in [2.75, 3.05) is 0 Å². The van der Waals surface area contributed by atoms with Gasteiger partial charge in [0.1, 0.15) is 0 Å². The van der Waals surface area contributed by atoms with E-state index in [1.165, 1.54) is 41.5 Å². The van der Waals surface area contributed by atoms with Crippen LogP contribution in [0.1, 0.15) is 37.4 Å². The Morgan fingerprint density at radius 2 is 2.13 bits per heavy atom. The monoisotopic (exact) mass is 199 g/mol. The van der Waals surface area contributed by atoms with Gasteiger partial charge in [0.2, 0.25) is 0 Å². The summed E-state index contributed by atoms with van der Waals surface area (Å²) in [5.41, 5.74) is 4.52. The van der Waals surface area contributed by atoms with E-state index < -0.39 is 0 Å². The maximum absolute atomic E-state index is 2.53. The highest BCUT2D eigenvalue weighted by Crippen LogP contribution is 2.31. The quantitative estimate of drug-likeness (QED) is 0.659. The molecule has 0 saturated heterocycles. The zero-order valence-corrected chi connectivity index (χ0v) is 9.46. The summed E-state index contributed by atoms with van der Waals surface area (Å²) in [4.78, 5) is 0. The van der Waals surface area contributed by atoms with E-state index in [1.807, 2.05) is 0 Å². The summed E-state index contributed by atoms with van der Waals surface area (Å²) < 4.78 is 2.53. The Bertz CT molecular complexity index is 505. The molecule has 0 radical (unpaired) electrons. The summed E-state index contributed by atoms with van der Waals surface area (Å²) in [5, 5.41) is 1.43. The molecule has 2 heterocycles. The molecule has 0 aliphatic carbocycles. The number of benzene rings is 1. The molecular formula is C14H17N. The van der Waals surface area contributed by atoms with Gasteiger partial charge in [-0.3, -0.25) is 0 Å². The van der Waals surface area contributed by atoms with Gasteiger partial charge in [-0.2, -0.15) is 0 Å². The van der Waals surface area contributed by atoms with E-state index in [9.17, 15) is 0 Å². The van der Waals surface area contributed by atoms with E-state index in [1.54, 1.807) is 0 Å². The summed E-state index contributed by atoms with van der Waals surface area (Å²) in [5.74, 6) is 0.628. The molecule has 0 fully saturated rings. The second-order valence-electron chi connectivity index (χ2n) is 4.83. The van der Waals surface area contributed by atoms with E-state index >= 15 is 0 Å². The van der Waals surface area contributed by atoms with Crippen molar-refractivity contribution in [3.63, 3.8) is 0 Å². The van der Waals surface area contributed by atoms with Crippen LogP contribution in [-0.2, 0) is 13.0 Å². The fraction of sp³-hybridized carbons (Fsp3) is 0.429. The van der Waals surface area contributed by atoms with E-state index in [0.29, 0.717) is 5.92 Å². The van der Waals surface area contributed by atoms with Crippen LogP contribution in [0.3, 0.4) is 0 Å². The topological polar surface area (TPSA) is 4.93 Å². The van der Waals surface area contributed by atoms with Crippen molar-refractivity contribution in [3.8, 4) is 0 Å². The molecule has 0 amide bonds. The molecule has 0 saturated carbocycles. The van der Waals surface area contributed by atoms with Crippen LogP contribution in [0, 0.1) is 0 Å². The van der Waals surface area contributed by atoms with Gasteiger partial charge in [-0.1, -0.05) is 32.0 Å². The average Bonchev–Trinajstić information content (AvgIpc) is 2.61. The molecule has 1 nitrogen and oxygen atoms in total. The molecule has 3 rings (SSSR count). The first kappa shape index (κ1) is 9.02. The first-order valence-corrected chi connectivity index (χ1v) is 5.88. The molecule has 1 aliphatic heterocycles. The normalized spacial score (nSPS) is 15.1. The highest BCUT2D eigenvalue weighted by atomic mass is 15.0. The van der Waals surface area contributed by atoms with Crippen molar-refractivity contribution in [2.45, 2.75) is 39.2 Å². The number of aromatic nitrogens is 1. The number of hydrogen-bond acceptors (Lipinski definition) is 0. The van der Waals surface area contributed by atoms with E-state index in [2.05, 4.69) is 42.7 Å². The van der Waals surface area contributed by atoms with E-state index in [4.69, 9.17) is 0 Å². The minimum absolute atomic E-state index is 0.628. The van der Waals surface area contributed by atoms with Crippen LogP contribution in [0.4, 0.5) is 0 Å². The molecule has 2 aromatic rings. The maximum atomic E-state index is 2.53. The number of rotatable bonds is 1. The lowest BCUT2D eigenvalue weighted by molar-refractivity contribution is 0.595. The first-order chi connectivity index (χ1) is 7.27. The van der Waals surface area contributed by atoms with Crippen molar-refractivity contribution in [1.82, 2.24) is 4.57 Å². The van der Waals surface area contributed by atoms with Crippen molar-refractivity contribution in [3.05, 3.63) is 35.5 Å². The Labute approximate surface area is 90.7 Å². The average molecular weight is 199 g/mol. The minimum Gasteiger partial charge on any atom is -0.344 e. The van der Waals surface area contributed by atoms with Crippen LogP contribution in [0.15, 0.2) is 24.3 Å². The second-order valence-corrected chi connectivity index (χ2v) is 4.83. The van der Waals surface area contributed by atoms with Crippen LogP contribution in [-0.4, -0.2) is 4.57 Å². The lowest BCUT2D eigenvalue weighted by Crippen LogP contribution is -2.10. The maximum Gasteiger partial charge on any atom is 0.0515 e. The van der Waals surface area contributed by atoms with Crippen LogP contribution in [0.5, 0.6) is 0 Å². The Kier molecular flexibility index (Phi) is 1.88. The standard InChI is InChI=1S/C14H17N/c1-10(2)13-9-12-6-3-5-11-7-4-8-15(13)14(11)12/h3,5-6,9-10H,4,7-8H2,1-2H3. The van der Waals surface area contributed by atoms with Gasteiger partial charge in [0.25, 0.3) is 0 Å². The molecule has 0 atom stereocenters. The van der Waals surface area contributed by atoms with Gasteiger partial charge in [0, 0.05) is 17.6 Å². The van der Waals surface area contributed by atoms with Gasteiger partial charge in [-0.25, -0.2) is 0 Å². The predicted molar refractivity (Wildman–Crippen MR) is 64.3 cm³/mol. The first-order valence-electron chi connectivity index (χ1n) is 5.88. The third kappa shape index (κ3) is 1.22. The van der Waals surface area contributed by atoms with Gasteiger partial charge in [0.15, 0.2) is 0 Å². The van der Waals surface area contributed by atoms with Crippen molar-refractivity contribution >= 4 is 10.9 Å². The summed E-state index contributed by atoms with van der Waals surface area (Å²) in [7, 11) is 0. The zero-order chi connectivity index (χ0) is 10.4. The molecule has 0 bridgehead atoms. The van der Waals surface area contributed by atoms with Gasteiger partial charge in [-0.05, 0) is 30.4 Å². The molecule has 0 N–H and O–H groups in total. The Morgan fingerprint density at radius 1 is 1.27 bits per heavy atom. The van der Waals surface area contributed by atoms with Crippen molar-refractivity contribution in [1.29, 1.82) is 0 Å². The van der Waals surface area contributed by atoms with Crippen LogP contribution in [0.25, 0.3) is 10.9 Å². The van der Waals surface area contributed by atoms with Crippen molar-refractivity contribution < 1.29 is 0 Å². The molecule has 0 unspecified atom stereocenters. The van der Waals surface area contributed by atoms with E-state index in [0.717, 1.165) is 0 Å². The fourth-order valence-electron chi connectivity index (χ4n) is 2.77. The number of nitrogens with zero attached hydrogens (tertiary/aromatic N) is 1. The van der Waals surface area contributed by atoms with Crippen molar-refractivity contribution in [2.24, 2.45) is 0 Å². The van der Waals surface area contributed by atoms with Gasteiger partial charge < -0.3 is 4.57 Å². The highest BCUT2D eigenvalue weighted by molar-refractivity contribution is 5.85. The van der Waals surface area contributed by atoms with Crippen LogP contribution < -0.4 is 0 Å². The molecular weight excluding hydrogens is 182 g/mol. The Hall–Kier alpha value is -1.24. The largest absolute Gasteiger partial charge is 0.344 e. The molecule has 1 heteroatoms. The van der Waals surface area contributed by atoms with Crippen LogP contribution in [0.2, 0.25) is 0 Å². The molecule has 1 aromatic carbocycles. The lowest BCUT2D eigenvalue weighted by atomic mass is 10.0. The summed E-state index contributed by atoms with van der Waals surface area (Å²) in [6.45, 7) is 5.77. The molecule has 15 heavy (non-hydrogen) atoms. The minimum atomic E-state index is 0.628. The lowest BCUT2D eigenvalue weighted by Gasteiger charge is -2.19. The fourth-order valence-corrected chi connectivity index (χ4v) is 2.77. The van der Waals surface area contributed by atoms with Crippen LogP contribution >= 0.6 is 0 Å². The molecule has 78 valence electrons. The van der Waals surface area contributed by atoms with Gasteiger partial charge in [0.05, 0.1) is 5.52 Å². The summed E-state index contributed by atoms with van der Waals surface area (Å²) in [6, 6.07) is 9.08. The summed E-state index contributed by atoms with van der Waals surface area (Å²) in [6.07, 6.45) is 2.54. The smallest absolute Gasteiger partial charge is 0.0515 e. The van der Waals surface area contributed by atoms with Gasteiger partial charge >= 0.3 is 0 Å².